The van der Waals surface area contributed by atoms with Crippen LogP contribution in [0.15, 0.2) is 87.9 Å². The van der Waals surface area contributed by atoms with Crippen LogP contribution in [-0.4, -0.2) is 28.4 Å². The number of hydrazone groups is 1. The average Bonchev–Trinajstić information content (AvgIpc) is 3.44. The molecule has 2 heterocycles. The number of hydrogen-bond acceptors (Lipinski definition) is 5. The molecule has 4 rings (SSSR count). The summed E-state index contributed by atoms with van der Waals surface area (Å²) in [6, 6.07) is 21.5. The highest BCUT2D eigenvalue weighted by Crippen LogP contribution is 2.26. The monoisotopic (exact) mass is 479 g/mol. The van der Waals surface area contributed by atoms with Gasteiger partial charge in [-0.15, -0.1) is 11.3 Å². The summed E-state index contributed by atoms with van der Waals surface area (Å²) in [6.45, 7) is 0.125. The van der Waals surface area contributed by atoms with Crippen molar-refractivity contribution in [3.63, 3.8) is 0 Å². The lowest BCUT2D eigenvalue weighted by Gasteiger charge is -2.05. The number of anilines is 1. The van der Waals surface area contributed by atoms with Crippen LogP contribution in [0.3, 0.4) is 0 Å². The number of benzene rings is 2. The SMILES string of the molecule is O=C(CNc1ccc(Br)cc1)N/N=C\c1cn(-c2ccccc2)nc1-c1cccs1. The van der Waals surface area contributed by atoms with E-state index in [1.54, 1.807) is 17.6 Å². The molecule has 0 aliphatic rings. The number of rotatable bonds is 7. The van der Waals surface area contributed by atoms with E-state index in [-0.39, 0.29) is 12.5 Å². The fraction of sp³-hybridized carbons (Fsp3) is 0.0455. The Morgan fingerprint density at radius 3 is 2.63 bits per heavy atom. The summed E-state index contributed by atoms with van der Waals surface area (Å²) in [5.41, 5.74) is 6.02. The summed E-state index contributed by atoms with van der Waals surface area (Å²) in [7, 11) is 0. The molecule has 8 heteroatoms. The Bertz CT molecular complexity index is 1140. The molecule has 0 aliphatic carbocycles. The van der Waals surface area contributed by atoms with Crippen LogP contribution in [0.4, 0.5) is 5.69 Å². The maximum Gasteiger partial charge on any atom is 0.259 e. The van der Waals surface area contributed by atoms with Gasteiger partial charge in [-0.05, 0) is 47.8 Å². The van der Waals surface area contributed by atoms with Crippen molar-refractivity contribution in [2.45, 2.75) is 0 Å². The number of aromatic nitrogens is 2. The quantitative estimate of drug-likeness (QED) is 0.291. The molecule has 0 atom stereocenters. The normalized spacial score (nSPS) is 11.0. The average molecular weight is 480 g/mol. The third-order valence-corrected chi connectivity index (χ3v) is 5.61. The first kappa shape index (κ1) is 20.1. The summed E-state index contributed by atoms with van der Waals surface area (Å²) in [5, 5.41) is 13.9. The van der Waals surface area contributed by atoms with Gasteiger partial charge in [0.1, 0.15) is 5.69 Å². The molecular weight excluding hydrogens is 462 g/mol. The highest BCUT2D eigenvalue weighted by molar-refractivity contribution is 9.10. The van der Waals surface area contributed by atoms with E-state index in [1.165, 1.54) is 0 Å². The molecular formula is C22H18BrN5OS. The van der Waals surface area contributed by atoms with Crippen LogP contribution in [0.5, 0.6) is 0 Å². The Balaban J connectivity index is 1.45. The molecule has 0 spiro atoms. The Morgan fingerprint density at radius 2 is 1.90 bits per heavy atom. The van der Waals surface area contributed by atoms with Crippen molar-refractivity contribution >= 4 is 45.1 Å². The Morgan fingerprint density at radius 1 is 1.10 bits per heavy atom. The third kappa shape index (κ3) is 5.03. The second-order valence-electron chi connectivity index (χ2n) is 6.34. The van der Waals surface area contributed by atoms with Gasteiger partial charge in [0.15, 0.2) is 0 Å². The van der Waals surface area contributed by atoms with Crippen molar-refractivity contribution in [1.82, 2.24) is 15.2 Å². The van der Waals surface area contributed by atoms with Gasteiger partial charge in [-0.25, -0.2) is 10.1 Å². The van der Waals surface area contributed by atoms with E-state index >= 15 is 0 Å². The van der Waals surface area contributed by atoms with Gasteiger partial charge in [-0.2, -0.15) is 10.2 Å². The molecule has 1 amide bonds. The Hall–Kier alpha value is -3.23. The zero-order valence-corrected chi connectivity index (χ0v) is 18.2. The number of carbonyl (C=O) groups excluding carboxylic acids is 1. The molecule has 4 aromatic rings. The standard InChI is InChI=1S/C22H18BrN5OS/c23-17-8-10-18(11-9-17)24-14-21(29)26-25-13-16-15-28(19-5-2-1-3-6-19)27-22(16)20-7-4-12-30-20/h1-13,15,24H,14H2,(H,26,29)/b25-13-. The first-order valence-corrected chi connectivity index (χ1v) is 10.9. The Labute approximate surface area is 186 Å². The number of thiophene rings is 1. The van der Waals surface area contributed by atoms with Gasteiger partial charge in [-0.3, -0.25) is 4.79 Å². The maximum atomic E-state index is 12.1. The molecule has 0 bridgehead atoms. The minimum Gasteiger partial charge on any atom is -0.376 e. The van der Waals surface area contributed by atoms with Crippen LogP contribution in [0.25, 0.3) is 16.3 Å². The summed E-state index contributed by atoms with van der Waals surface area (Å²) in [5.74, 6) is -0.234. The predicted octanol–water partition coefficient (Wildman–Crippen LogP) is 4.93. The van der Waals surface area contributed by atoms with Crippen LogP contribution in [0.1, 0.15) is 5.56 Å². The molecule has 2 aromatic heterocycles. The number of nitrogens with zero attached hydrogens (tertiary/aromatic N) is 3. The first-order chi connectivity index (χ1) is 14.7. The molecule has 0 unspecified atom stereocenters. The van der Waals surface area contributed by atoms with Gasteiger partial charge in [-0.1, -0.05) is 40.2 Å². The van der Waals surface area contributed by atoms with Crippen molar-refractivity contribution < 1.29 is 4.79 Å². The van der Waals surface area contributed by atoms with Gasteiger partial charge in [0.25, 0.3) is 5.91 Å². The Kier molecular flexibility index (Phi) is 6.36. The molecule has 30 heavy (non-hydrogen) atoms. The molecule has 6 nitrogen and oxygen atoms in total. The highest BCUT2D eigenvalue weighted by atomic mass is 79.9. The summed E-state index contributed by atoms with van der Waals surface area (Å²) in [4.78, 5) is 13.1. The van der Waals surface area contributed by atoms with Crippen molar-refractivity contribution in [3.8, 4) is 16.3 Å². The van der Waals surface area contributed by atoms with Crippen molar-refractivity contribution in [1.29, 1.82) is 0 Å². The first-order valence-electron chi connectivity index (χ1n) is 9.19. The van der Waals surface area contributed by atoms with Crippen LogP contribution < -0.4 is 10.7 Å². The van der Waals surface area contributed by atoms with E-state index in [9.17, 15) is 4.79 Å². The zero-order valence-electron chi connectivity index (χ0n) is 15.8. The van der Waals surface area contributed by atoms with Gasteiger partial charge in [0.2, 0.25) is 0 Å². The molecule has 0 saturated heterocycles. The number of carbonyl (C=O) groups is 1. The van der Waals surface area contributed by atoms with Gasteiger partial charge >= 0.3 is 0 Å². The van der Waals surface area contributed by atoms with Gasteiger partial charge in [0.05, 0.1) is 23.3 Å². The molecule has 0 radical (unpaired) electrons. The summed E-state index contributed by atoms with van der Waals surface area (Å²) < 4.78 is 2.80. The second kappa shape index (κ2) is 9.51. The summed E-state index contributed by atoms with van der Waals surface area (Å²) in [6.07, 6.45) is 3.53. The third-order valence-electron chi connectivity index (χ3n) is 4.21. The lowest BCUT2D eigenvalue weighted by molar-refractivity contribution is -0.119. The second-order valence-corrected chi connectivity index (χ2v) is 8.21. The smallest absolute Gasteiger partial charge is 0.259 e. The van der Waals surface area contributed by atoms with Gasteiger partial charge < -0.3 is 5.32 Å². The molecule has 150 valence electrons. The molecule has 0 saturated carbocycles. The minimum atomic E-state index is -0.234. The van der Waals surface area contributed by atoms with E-state index in [2.05, 4.69) is 31.8 Å². The van der Waals surface area contributed by atoms with Crippen LogP contribution in [-0.2, 0) is 4.79 Å². The zero-order chi connectivity index (χ0) is 20.8. The number of hydrogen-bond donors (Lipinski definition) is 2. The minimum absolute atomic E-state index is 0.125. The van der Waals surface area contributed by atoms with E-state index in [4.69, 9.17) is 5.10 Å². The molecule has 0 aliphatic heterocycles. The van der Waals surface area contributed by atoms with Crippen LogP contribution in [0.2, 0.25) is 0 Å². The van der Waals surface area contributed by atoms with Gasteiger partial charge in [0, 0.05) is 21.9 Å². The number of halogens is 1. The molecule has 0 fully saturated rings. The number of amides is 1. The molecule has 2 N–H and O–H groups in total. The van der Waals surface area contributed by atoms with E-state index in [0.717, 1.165) is 32.0 Å². The maximum absolute atomic E-state index is 12.1. The topological polar surface area (TPSA) is 71.3 Å². The number of nitrogens with one attached hydrogen (secondary N) is 2. The lowest BCUT2D eigenvalue weighted by Crippen LogP contribution is -2.25. The largest absolute Gasteiger partial charge is 0.376 e. The predicted molar refractivity (Wildman–Crippen MR) is 125 cm³/mol. The van der Waals surface area contributed by atoms with Crippen molar-refractivity contribution in [3.05, 3.63) is 88.3 Å². The fourth-order valence-electron chi connectivity index (χ4n) is 2.76. The van der Waals surface area contributed by atoms with Crippen LogP contribution >= 0.6 is 27.3 Å². The van der Waals surface area contributed by atoms with E-state index < -0.39 is 0 Å². The highest BCUT2D eigenvalue weighted by Gasteiger charge is 2.12. The van der Waals surface area contributed by atoms with E-state index in [0.29, 0.717) is 0 Å². The molecule has 2 aromatic carbocycles. The fourth-order valence-corrected chi connectivity index (χ4v) is 3.76. The van der Waals surface area contributed by atoms with Crippen molar-refractivity contribution in [2.24, 2.45) is 5.10 Å². The van der Waals surface area contributed by atoms with E-state index in [1.807, 2.05) is 83.0 Å². The number of para-hydroxylation sites is 1. The summed E-state index contributed by atoms with van der Waals surface area (Å²) >= 11 is 4.99. The van der Waals surface area contributed by atoms with Crippen molar-refractivity contribution in [2.75, 3.05) is 11.9 Å². The van der Waals surface area contributed by atoms with Crippen LogP contribution in [0, 0.1) is 0 Å². The lowest BCUT2D eigenvalue weighted by atomic mass is 10.2.